The van der Waals surface area contributed by atoms with Crippen LogP contribution < -0.4 is 10.1 Å². The summed E-state index contributed by atoms with van der Waals surface area (Å²) in [5, 5.41) is 3.72. The molecular formula is C23H39NO. The molecule has 0 bridgehead atoms. The molecule has 0 aliphatic heterocycles. The van der Waals surface area contributed by atoms with Gasteiger partial charge in [-0.2, -0.15) is 0 Å². The fourth-order valence-electron chi connectivity index (χ4n) is 3.78. The van der Waals surface area contributed by atoms with Crippen molar-refractivity contribution in [2.24, 2.45) is 5.92 Å². The van der Waals surface area contributed by atoms with Crippen LogP contribution in [-0.4, -0.2) is 13.2 Å². The van der Waals surface area contributed by atoms with Crippen LogP contribution in [0.5, 0.6) is 5.75 Å². The fraction of sp³-hybridized carbons (Fsp3) is 0.739. The van der Waals surface area contributed by atoms with E-state index < -0.39 is 0 Å². The van der Waals surface area contributed by atoms with Crippen LogP contribution in [0.25, 0.3) is 0 Å². The number of rotatable bonds is 12. The highest BCUT2D eigenvalue weighted by atomic mass is 16.5. The standard InChI is InChI=1S/C23H39NO/c1-3-4-5-6-7-11-18-25-23-16-14-22(15-17-23)20(2)24-19-21-12-9-8-10-13-21/h14-17,20-21,24H,3-13,18-19H2,1-2H3. The predicted octanol–water partition coefficient (Wildman–Crippen LogP) is 6.66. The molecule has 0 saturated heterocycles. The Morgan fingerprint density at radius 1 is 0.960 bits per heavy atom. The molecule has 1 aliphatic rings. The van der Waals surface area contributed by atoms with Crippen LogP contribution in [0.3, 0.4) is 0 Å². The van der Waals surface area contributed by atoms with Gasteiger partial charge in [-0.1, -0.05) is 70.4 Å². The van der Waals surface area contributed by atoms with Gasteiger partial charge in [-0.3, -0.25) is 0 Å². The van der Waals surface area contributed by atoms with Gasteiger partial charge in [0.2, 0.25) is 0 Å². The van der Waals surface area contributed by atoms with Gasteiger partial charge in [0.25, 0.3) is 0 Å². The van der Waals surface area contributed by atoms with E-state index in [9.17, 15) is 0 Å². The minimum absolute atomic E-state index is 0.426. The number of benzene rings is 1. The summed E-state index contributed by atoms with van der Waals surface area (Å²) in [5.41, 5.74) is 1.36. The number of hydrogen-bond acceptors (Lipinski definition) is 2. The first-order valence-corrected chi connectivity index (χ1v) is 10.8. The van der Waals surface area contributed by atoms with Gasteiger partial charge in [0.1, 0.15) is 5.75 Å². The van der Waals surface area contributed by atoms with Crippen molar-refractivity contribution in [2.75, 3.05) is 13.2 Å². The summed E-state index contributed by atoms with van der Waals surface area (Å²) in [6.45, 7) is 6.55. The summed E-state index contributed by atoms with van der Waals surface area (Å²) in [7, 11) is 0. The van der Waals surface area contributed by atoms with Crippen LogP contribution in [0.15, 0.2) is 24.3 Å². The predicted molar refractivity (Wildman–Crippen MR) is 108 cm³/mol. The van der Waals surface area contributed by atoms with Gasteiger partial charge in [0.05, 0.1) is 6.61 Å². The molecule has 1 aromatic carbocycles. The number of hydrogen-bond donors (Lipinski definition) is 1. The van der Waals surface area contributed by atoms with E-state index in [0.717, 1.165) is 24.8 Å². The first-order chi connectivity index (χ1) is 12.3. The zero-order chi connectivity index (χ0) is 17.7. The summed E-state index contributed by atoms with van der Waals surface area (Å²) >= 11 is 0. The molecule has 2 heteroatoms. The van der Waals surface area contributed by atoms with E-state index >= 15 is 0 Å². The molecule has 0 radical (unpaired) electrons. The van der Waals surface area contributed by atoms with E-state index in [1.54, 1.807) is 0 Å². The molecule has 0 amide bonds. The molecule has 1 N–H and O–H groups in total. The SMILES string of the molecule is CCCCCCCCOc1ccc(C(C)NCC2CCCCC2)cc1. The Labute approximate surface area is 155 Å². The fourth-order valence-corrected chi connectivity index (χ4v) is 3.78. The van der Waals surface area contributed by atoms with E-state index in [4.69, 9.17) is 4.74 Å². The van der Waals surface area contributed by atoms with Gasteiger partial charge in [0, 0.05) is 6.04 Å². The van der Waals surface area contributed by atoms with Crippen molar-refractivity contribution in [1.29, 1.82) is 0 Å². The van der Waals surface area contributed by atoms with Crippen LogP contribution >= 0.6 is 0 Å². The van der Waals surface area contributed by atoms with Crippen molar-refractivity contribution in [3.63, 3.8) is 0 Å². The van der Waals surface area contributed by atoms with Gasteiger partial charge >= 0.3 is 0 Å². The van der Waals surface area contributed by atoms with Crippen LogP contribution in [-0.2, 0) is 0 Å². The second kappa shape index (κ2) is 12.4. The number of ether oxygens (including phenoxy) is 1. The third-order valence-corrected chi connectivity index (χ3v) is 5.58. The first-order valence-electron chi connectivity index (χ1n) is 10.8. The van der Waals surface area contributed by atoms with Crippen molar-refractivity contribution in [2.45, 2.75) is 90.5 Å². The lowest BCUT2D eigenvalue weighted by molar-refractivity contribution is 0.304. The molecule has 1 saturated carbocycles. The average molecular weight is 346 g/mol. The Morgan fingerprint density at radius 3 is 2.36 bits per heavy atom. The molecule has 0 spiro atoms. The topological polar surface area (TPSA) is 21.3 Å². The van der Waals surface area contributed by atoms with Gasteiger partial charge in [-0.15, -0.1) is 0 Å². The highest BCUT2D eigenvalue weighted by Crippen LogP contribution is 2.24. The summed E-state index contributed by atoms with van der Waals surface area (Å²) in [5.74, 6) is 1.90. The monoisotopic (exact) mass is 345 g/mol. The third-order valence-electron chi connectivity index (χ3n) is 5.58. The summed E-state index contributed by atoms with van der Waals surface area (Å²) in [4.78, 5) is 0. The molecule has 1 atom stereocenters. The molecule has 1 aromatic rings. The van der Waals surface area contributed by atoms with E-state index in [2.05, 4.69) is 43.4 Å². The minimum atomic E-state index is 0.426. The zero-order valence-electron chi connectivity index (χ0n) is 16.6. The van der Waals surface area contributed by atoms with E-state index in [1.807, 2.05) is 0 Å². The van der Waals surface area contributed by atoms with Crippen LogP contribution in [0, 0.1) is 5.92 Å². The Morgan fingerprint density at radius 2 is 1.64 bits per heavy atom. The average Bonchev–Trinajstić information content (AvgIpc) is 2.67. The Hall–Kier alpha value is -1.02. The summed E-state index contributed by atoms with van der Waals surface area (Å²) < 4.78 is 5.88. The molecule has 1 aliphatic carbocycles. The number of nitrogens with one attached hydrogen (secondary N) is 1. The Bertz CT molecular complexity index is 436. The third kappa shape index (κ3) is 8.27. The van der Waals surface area contributed by atoms with Crippen molar-refractivity contribution in [3.8, 4) is 5.75 Å². The van der Waals surface area contributed by atoms with Gasteiger partial charge in [-0.25, -0.2) is 0 Å². The maximum Gasteiger partial charge on any atom is 0.119 e. The maximum absolute atomic E-state index is 5.88. The smallest absolute Gasteiger partial charge is 0.119 e. The summed E-state index contributed by atoms with van der Waals surface area (Å²) in [6.07, 6.45) is 15.0. The van der Waals surface area contributed by atoms with Crippen molar-refractivity contribution in [1.82, 2.24) is 5.32 Å². The van der Waals surface area contributed by atoms with E-state index in [0.29, 0.717) is 6.04 Å². The molecule has 0 heterocycles. The molecule has 142 valence electrons. The lowest BCUT2D eigenvalue weighted by Gasteiger charge is -2.24. The van der Waals surface area contributed by atoms with Crippen LogP contribution in [0.4, 0.5) is 0 Å². The molecule has 2 nitrogen and oxygen atoms in total. The molecule has 1 unspecified atom stereocenters. The zero-order valence-corrected chi connectivity index (χ0v) is 16.6. The largest absolute Gasteiger partial charge is 0.494 e. The normalized spacial score (nSPS) is 16.7. The molecule has 1 fully saturated rings. The maximum atomic E-state index is 5.88. The number of unbranched alkanes of at least 4 members (excludes halogenated alkanes) is 5. The summed E-state index contributed by atoms with van der Waals surface area (Å²) in [6, 6.07) is 9.12. The highest BCUT2D eigenvalue weighted by Gasteiger charge is 2.14. The second-order valence-corrected chi connectivity index (χ2v) is 7.82. The quantitative estimate of drug-likeness (QED) is 0.428. The van der Waals surface area contributed by atoms with Crippen LogP contribution in [0.2, 0.25) is 0 Å². The van der Waals surface area contributed by atoms with E-state index in [1.165, 1.54) is 76.2 Å². The molecule has 2 rings (SSSR count). The Balaban J connectivity index is 1.61. The van der Waals surface area contributed by atoms with Gasteiger partial charge in [-0.05, 0) is 56.3 Å². The molecule has 25 heavy (non-hydrogen) atoms. The highest BCUT2D eigenvalue weighted by molar-refractivity contribution is 5.28. The van der Waals surface area contributed by atoms with Crippen molar-refractivity contribution >= 4 is 0 Å². The van der Waals surface area contributed by atoms with Crippen LogP contribution in [0.1, 0.15) is 96.1 Å². The Kier molecular flexibility index (Phi) is 10.0. The molecular weight excluding hydrogens is 306 g/mol. The lowest BCUT2D eigenvalue weighted by Crippen LogP contribution is -2.27. The van der Waals surface area contributed by atoms with Gasteiger partial charge < -0.3 is 10.1 Å². The van der Waals surface area contributed by atoms with E-state index in [-0.39, 0.29) is 0 Å². The first kappa shape index (κ1) is 20.3. The lowest BCUT2D eigenvalue weighted by atomic mass is 9.89. The van der Waals surface area contributed by atoms with Gasteiger partial charge in [0.15, 0.2) is 0 Å². The minimum Gasteiger partial charge on any atom is -0.494 e. The van der Waals surface area contributed by atoms with Crippen molar-refractivity contribution < 1.29 is 4.74 Å². The second-order valence-electron chi connectivity index (χ2n) is 7.82. The molecule has 0 aromatic heterocycles. The van der Waals surface area contributed by atoms with Crippen molar-refractivity contribution in [3.05, 3.63) is 29.8 Å².